The van der Waals surface area contributed by atoms with Crippen LogP contribution in [0, 0.1) is 27.7 Å². The van der Waals surface area contributed by atoms with Crippen molar-refractivity contribution >= 4 is 126 Å². The second-order valence-electron chi connectivity index (χ2n) is 31.8. The lowest BCUT2D eigenvalue weighted by Gasteiger charge is -2.09. The highest BCUT2D eigenvalue weighted by atomic mass is 32.1. The van der Waals surface area contributed by atoms with Gasteiger partial charge >= 0.3 is 0 Å². The molecule has 0 radical (unpaired) electrons. The molecule has 8 heterocycles. The molecule has 0 N–H and O–H groups in total. The Morgan fingerprint density at radius 1 is 0.156 bits per heavy atom. The van der Waals surface area contributed by atoms with Gasteiger partial charge in [0.15, 0.2) is 23.3 Å². The zero-order valence-electron chi connectivity index (χ0n) is 70.5. The number of benzene rings is 16. The number of aromatic nitrogens is 8. The van der Waals surface area contributed by atoms with Crippen molar-refractivity contribution in [1.29, 1.82) is 0 Å². The van der Waals surface area contributed by atoms with Gasteiger partial charge in [0.25, 0.3) is 0 Å². The number of aryl methyl sites for hydroxylation is 4. The first-order valence-corrected chi connectivity index (χ1v) is 46.0. The van der Waals surface area contributed by atoms with E-state index in [1.54, 1.807) is 0 Å². The predicted octanol–water partition coefficient (Wildman–Crippen LogP) is 32.6. The van der Waals surface area contributed by atoms with Crippen LogP contribution in [-0.2, 0) is 0 Å². The van der Waals surface area contributed by atoms with E-state index in [1.165, 1.54) is 125 Å². The van der Waals surface area contributed by atoms with Crippen LogP contribution >= 0.6 is 45.3 Å². The van der Waals surface area contributed by atoms with Crippen molar-refractivity contribution < 1.29 is 0 Å². The number of nitrogens with zero attached hydrogens (tertiary/aromatic N) is 8. The van der Waals surface area contributed by atoms with Gasteiger partial charge in [0.1, 0.15) is 0 Å². The highest BCUT2D eigenvalue weighted by molar-refractivity contribution is 7.27. The molecule has 16 aromatic carbocycles. The monoisotopic (exact) mass is 1710 g/mol. The molecule has 0 bridgehead atoms. The topological polar surface area (TPSA) is 103 Å². The van der Waals surface area contributed by atoms with Crippen molar-refractivity contribution in [3.05, 3.63) is 435 Å². The lowest BCUT2D eigenvalue weighted by Crippen LogP contribution is -1.95. The first-order chi connectivity index (χ1) is 63.0. The third-order valence-electron chi connectivity index (χ3n) is 23.1. The number of thiophene rings is 4. The van der Waals surface area contributed by atoms with E-state index in [2.05, 4.69) is 320 Å². The van der Waals surface area contributed by atoms with Crippen LogP contribution in [0.3, 0.4) is 0 Å². The van der Waals surface area contributed by atoms with Gasteiger partial charge in [-0.1, -0.05) is 340 Å². The average Bonchev–Trinajstić information content (AvgIpc) is 1.61. The van der Waals surface area contributed by atoms with Gasteiger partial charge in [0.2, 0.25) is 0 Å². The van der Waals surface area contributed by atoms with Gasteiger partial charge in [0, 0.05) is 148 Å². The van der Waals surface area contributed by atoms with E-state index >= 15 is 0 Å². The molecule has 24 rings (SSSR count). The molecule has 0 atom stereocenters. The minimum atomic E-state index is 0.759. The Morgan fingerprint density at radius 2 is 0.438 bits per heavy atom. The van der Waals surface area contributed by atoms with Gasteiger partial charge in [-0.25, -0.2) is 39.9 Å². The molecule has 8 nitrogen and oxygen atoms in total. The first kappa shape index (κ1) is 79.9. The Labute approximate surface area is 758 Å². The summed E-state index contributed by atoms with van der Waals surface area (Å²) in [6, 6.07) is 145. The fourth-order valence-electron chi connectivity index (χ4n) is 16.8. The molecule has 608 valence electrons. The number of hydrogen-bond donors (Lipinski definition) is 0. The van der Waals surface area contributed by atoms with Crippen LogP contribution in [0.25, 0.3) is 216 Å². The molecule has 0 saturated carbocycles. The van der Waals surface area contributed by atoms with E-state index in [0.717, 1.165) is 113 Å². The van der Waals surface area contributed by atoms with Crippen molar-refractivity contribution in [2.45, 2.75) is 27.7 Å². The zero-order valence-corrected chi connectivity index (χ0v) is 73.7. The Balaban J connectivity index is 0.000000104. The summed E-state index contributed by atoms with van der Waals surface area (Å²) in [6.07, 6.45) is 0. The largest absolute Gasteiger partial charge is 0.233 e. The highest BCUT2D eigenvalue weighted by Gasteiger charge is 2.19. The summed E-state index contributed by atoms with van der Waals surface area (Å²) < 4.78 is 10.6. The summed E-state index contributed by atoms with van der Waals surface area (Å²) in [5.41, 5.74) is 26.0. The van der Waals surface area contributed by atoms with Crippen molar-refractivity contribution in [2.24, 2.45) is 0 Å². The maximum Gasteiger partial charge on any atom is 0.160 e. The normalized spacial score (nSPS) is 11.3. The third-order valence-corrected chi connectivity index (χ3v) is 27.8. The van der Waals surface area contributed by atoms with Gasteiger partial charge in [-0.3, -0.25) is 0 Å². The van der Waals surface area contributed by atoms with Gasteiger partial charge in [0.05, 0.1) is 22.8 Å². The summed E-state index contributed by atoms with van der Waals surface area (Å²) in [4.78, 5) is 38.1. The van der Waals surface area contributed by atoms with Crippen LogP contribution in [-0.4, -0.2) is 39.9 Å². The summed E-state index contributed by atoms with van der Waals surface area (Å²) in [5, 5.41) is 10.6. The average molecular weight is 1710 g/mol. The second-order valence-corrected chi connectivity index (χ2v) is 36.1. The Kier molecular flexibility index (Phi) is 22.1. The fourth-order valence-corrected chi connectivity index (χ4v) is 21.4. The number of fused-ring (bicyclic) bond motifs is 12. The molecule has 12 heteroatoms. The quantitative estimate of drug-likeness (QED) is 0.119. The Hall–Kier alpha value is -15.3. The molecule has 24 aromatic rings. The molecule has 0 aliphatic rings. The van der Waals surface area contributed by atoms with Gasteiger partial charge in [-0.2, -0.15) is 0 Å². The summed E-state index contributed by atoms with van der Waals surface area (Å²) >= 11 is 7.41. The lowest BCUT2D eigenvalue weighted by molar-refractivity contribution is 1.11. The van der Waals surface area contributed by atoms with Crippen molar-refractivity contribution in [3.8, 4) is 135 Å². The van der Waals surface area contributed by atoms with Crippen LogP contribution in [0.2, 0.25) is 0 Å². The van der Waals surface area contributed by atoms with Gasteiger partial charge < -0.3 is 0 Å². The SMILES string of the molecule is Cc1cc(-c2ccccc2)nc(-c2ccc(-c3ccc4c(c3)sc3ccccc34)cc2)n1.Cc1cc(-c2ccccc2)nc(-c2ccc(-c3ccc4sc5ccccc5c4c3)cc2)n1.Cc1cc(-c2ccccc2)nc(-c2ccc(-c3cccc4c3sc3ccccc34)cc2)n1.Cc1cc(-c2ccccc2)nc(-c2ccc(-c3cccc4sc5ccccc5c34)cc2)n1. The van der Waals surface area contributed by atoms with E-state index in [9.17, 15) is 0 Å². The summed E-state index contributed by atoms with van der Waals surface area (Å²) in [7, 11) is 0. The van der Waals surface area contributed by atoms with Gasteiger partial charge in [-0.05, 0) is 145 Å². The summed E-state index contributed by atoms with van der Waals surface area (Å²) in [6.45, 7) is 8.08. The van der Waals surface area contributed by atoms with E-state index in [-0.39, 0.29) is 0 Å². The molecule has 0 aliphatic heterocycles. The standard InChI is InChI=1S/4C29H20N2S/c1-19-18-26(21-8-3-2-4-9-21)31-29(30-19)22-16-14-20(15-17-22)23-11-7-12-25-24-10-5-6-13-27(24)32-28(23)25;1-19-18-25(21-8-3-2-4-9-21)31-29(30-19)22-16-14-20(15-17-22)23-11-7-13-27-28(23)24-10-5-6-12-26(24)32-27;1-19-17-26(21-7-3-2-4-8-21)31-29(30-19)22-13-11-20(12-14-22)23-15-16-28-25(18-23)24-9-5-6-10-27(24)32-28;1-19-17-26(21-7-3-2-4-8-21)31-29(30-19)22-13-11-20(12-14-22)23-15-16-25-24-9-5-6-10-27(24)32-28(25)18-23/h4*2-18H,1H3. The number of rotatable bonds is 12. The molecule has 8 aromatic heterocycles. The molecule has 0 fully saturated rings. The minimum absolute atomic E-state index is 0.759. The van der Waals surface area contributed by atoms with Gasteiger partial charge in [-0.15, -0.1) is 45.3 Å². The van der Waals surface area contributed by atoms with E-state index in [4.69, 9.17) is 34.9 Å². The van der Waals surface area contributed by atoms with Crippen LogP contribution < -0.4 is 0 Å². The van der Waals surface area contributed by atoms with Crippen molar-refractivity contribution in [1.82, 2.24) is 39.9 Å². The molecule has 0 aliphatic carbocycles. The maximum absolute atomic E-state index is 4.85. The predicted molar refractivity (Wildman–Crippen MR) is 544 cm³/mol. The second kappa shape index (κ2) is 35.4. The molecule has 0 amide bonds. The smallest absolute Gasteiger partial charge is 0.160 e. The maximum atomic E-state index is 4.85. The van der Waals surface area contributed by atoms with E-state index in [1.807, 2.05) is 170 Å². The molecule has 128 heavy (non-hydrogen) atoms. The minimum Gasteiger partial charge on any atom is -0.233 e. The van der Waals surface area contributed by atoms with Crippen molar-refractivity contribution in [2.75, 3.05) is 0 Å². The molecule has 0 unspecified atom stereocenters. The molecular formula is C116H80N8S4. The lowest BCUT2D eigenvalue weighted by atomic mass is 9.98. The van der Waals surface area contributed by atoms with E-state index in [0.29, 0.717) is 0 Å². The Morgan fingerprint density at radius 3 is 0.883 bits per heavy atom. The first-order valence-electron chi connectivity index (χ1n) is 42.7. The Bertz CT molecular complexity index is 8170. The zero-order chi connectivity index (χ0) is 86.0. The van der Waals surface area contributed by atoms with Crippen LogP contribution in [0.5, 0.6) is 0 Å². The van der Waals surface area contributed by atoms with E-state index < -0.39 is 0 Å². The van der Waals surface area contributed by atoms with Crippen molar-refractivity contribution in [3.63, 3.8) is 0 Å². The van der Waals surface area contributed by atoms with Crippen LogP contribution in [0.1, 0.15) is 22.8 Å². The number of hydrogen-bond acceptors (Lipinski definition) is 12. The van der Waals surface area contributed by atoms with Crippen LogP contribution in [0.15, 0.2) is 413 Å². The molecular weight excluding hydrogens is 1630 g/mol. The third kappa shape index (κ3) is 16.7. The highest BCUT2D eigenvalue weighted by Crippen LogP contribution is 2.45. The summed E-state index contributed by atoms with van der Waals surface area (Å²) in [5.74, 6) is 3.04. The van der Waals surface area contributed by atoms with Crippen LogP contribution in [0.4, 0.5) is 0 Å². The fraction of sp³-hybridized carbons (Fsp3) is 0.0345. The molecule has 0 spiro atoms. The molecule has 0 saturated heterocycles.